The SMILES string of the molecule is CSN[C@@H](C)C(=O)OCCN. The van der Waals surface area contributed by atoms with Crippen LogP contribution in [-0.2, 0) is 9.53 Å². The van der Waals surface area contributed by atoms with Crippen molar-refractivity contribution in [3.63, 3.8) is 0 Å². The van der Waals surface area contributed by atoms with Gasteiger partial charge in [-0.3, -0.25) is 9.52 Å². The zero-order chi connectivity index (χ0) is 8.69. The van der Waals surface area contributed by atoms with Crippen molar-refractivity contribution in [3.8, 4) is 0 Å². The second kappa shape index (κ2) is 6.45. The molecular weight excluding hydrogens is 164 g/mol. The zero-order valence-corrected chi connectivity index (χ0v) is 7.61. The highest BCUT2D eigenvalue weighted by Gasteiger charge is 2.11. The molecule has 11 heavy (non-hydrogen) atoms. The van der Waals surface area contributed by atoms with Gasteiger partial charge in [0.25, 0.3) is 0 Å². The van der Waals surface area contributed by atoms with Crippen LogP contribution >= 0.6 is 11.9 Å². The van der Waals surface area contributed by atoms with Gasteiger partial charge >= 0.3 is 5.97 Å². The van der Waals surface area contributed by atoms with E-state index in [4.69, 9.17) is 10.5 Å². The molecule has 0 amide bonds. The Morgan fingerprint density at radius 1 is 1.82 bits per heavy atom. The minimum atomic E-state index is -0.267. The number of esters is 1. The van der Waals surface area contributed by atoms with Crippen LogP contribution < -0.4 is 10.5 Å². The number of nitrogens with two attached hydrogens (primary N) is 1. The Balaban J connectivity index is 3.47. The summed E-state index contributed by atoms with van der Waals surface area (Å²) in [7, 11) is 0. The lowest BCUT2D eigenvalue weighted by Gasteiger charge is -2.09. The molecule has 4 nitrogen and oxygen atoms in total. The summed E-state index contributed by atoms with van der Waals surface area (Å²) >= 11 is 1.39. The molecule has 0 saturated carbocycles. The number of ether oxygens (including phenoxy) is 1. The van der Waals surface area contributed by atoms with Gasteiger partial charge in [0.15, 0.2) is 0 Å². The molecule has 66 valence electrons. The Bertz CT molecular complexity index is 121. The molecule has 0 unspecified atom stereocenters. The molecule has 0 heterocycles. The van der Waals surface area contributed by atoms with E-state index in [0.717, 1.165) is 0 Å². The Labute approximate surface area is 71.0 Å². The van der Waals surface area contributed by atoms with Crippen LogP contribution in [0.1, 0.15) is 6.92 Å². The zero-order valence-electron chi connectivity index (χ0n) is 6.79. The van der Waals surface area contributed by atoms with E-state index in [0.29, 0.717) is 13.2 Å². The van der Waals surface area contributed by atoms with Crippen molar-refractivity contribution in [3.05, 3.63) is 0 Å². The monoisotopic (exact) mass is 178 g/mol. The minimum absolute atomic E-state index is 0.259. The van der Waals surface area contributed by atoms with Crippen molar-refractivity contribution < 1.29 is 9.53 Å². The minimum Gasteiger partial charge on any atom is -0.463 e. The molecule has 0 aromatic heterocycles. The highest BCUT2D eigenvalue weighted by atomic mass is 32.2. The number of hydrogen-bond acceptors (Lipinski definition) is 5. The van der Waals surface area contributed by atoms with Crippen LogP contribution in [0.3, 0.4) is 0 Å². The number of carbonyl (C=O) groups excluding carboxylic acids is 1. The number of carbonyl (C=O) groups is 1. The van der Waals surface area contributed by atoms with E-state index in [9.17, 15) is 4.79 Å². The number of rotatable bonds is 5. The molecule has 0 aromatic carbocycles. The molecule has 0 aliphatic heterocycles. The number of nitrogens with one attached hydrogen (secondary N) is 1. The summed E-state index contributed by atoms with van der Waals surface area (Å²) in [6.07, 6.45) is 1.85. The second-order valence-corrected chi connectivity index (χ2v) is 2.64. The molecule has 0 saturated heterocycles. The molecule has 5 heteroatoms. The molecule has 0 radical (unpaired) electrons. The predicted octanol–water partition coefficient (Wildman–Crippen LogP) is -0.256. The topological polar surface area (TPSA) is 64.3 Å². The average Bonchev–Trinajstić information content (AvgIpc) is 2.00. The van der Waals surface area contributed by atoms with E-state index < -0.39 is 0 Å². The normalized spacial score (nSPS) is 12.6. The first-order valence-electron chi connectivity index (χ1n) is 3.37. The third-order valence-corrected chi connectivity index (χ3v) is 1.60. The maximum atomic E-state index is 10.9. The Hall–Kier alpha value is -0.260. The van der Waals surface area contributed by atoms with Crippen LogP contribution in [0.15, 0.2) is 0 Å². The smallest absolute Gasteiger partial charge is 0.323 e. The molecule has 0 bridgehead atoms. The lowest BCUT2D eigenvalue weighted by Crippen LogP contribution is -2.31. The van der Waals surface area contributed by atoms with Crippen molar-refractivity contribution in [1.82, 2.24) is 4.72 Å². The third-order valence-electron chi connectivity index (χ3n) is 1.01. The molecular formula is C6H14N2O2S. The van der Waals surface area contributed by atoms with Gasteiger partial charge in [-0.2, -0.15) is 0 Å². The summed E-state index contributed by atoms with van der Waals surface area (Å²) in [6, 6.07) is -0.267. The highest BCUT2D eigenvalue weighted by Crippen LogP contribution is 1.92. The van der Waals surface area contributed by atoms with Gasteiger partial charge in [-0.05, 0) is 13.2 Å². The molecule has 3 N–H and O–H groups in total. The van der Waals surface area contributed by atoms with Crippen LogP contribution in [0.5, 0.6) is 0 Å². The van der Waals surface area contributed by atoms with Crippen molar-refractivity contribution in [1.29, 1.82) is 0 Å². The third kappa shape index (κ3) is 5.06. The quantitative estimate of drug-likeness (QED) is 0.449. The van der Waals surface area contributed by atoms with E-state index in [1.54, 1.807) is 6.92 Å². The van der Waals surface area contributed by atoms with Crippen molar-refractivity contribution in [2.75, 3.05) is 19.4 Å². The fraction of sp³-hybridized carbons (Fsp3) is 0.833. The van der Waals surface area contributed by atoms with E-state index in [1.807, 2.05) is 6.26 Å². The Morgan fingerprint density at radius 3 is 2.91 bits per heavy atom. The van der Waals surface area contributed by atoms with Gasteiger partial charge in [0.05, 0.1) is 0 Å². The predicted molar refractivity (Wildman–Crippen MR) is 46.1 cm³/mol. The van der Waals surface area contributed by atoms with Crippen LogP contribution in [0.25, 0.3) is 0 Å². The largest absolute Gasteiger partial charge is 0.463 e. The summed E-state index contributed by atoms with van der Waals surface area (Å²) < 4.78 is 7.62. The molecule has 0 aliphatic carbocycles. The Morgan fingerprint density at radius 2 is 2.45 bits per heavy atom. The average molecular weight is 178 g/mol. The first kappa shape index (κ1) is 10.7. The Kier molecular flexibility index (Phi) is 6.30. The van der Waals surface area contributed by atoms with Crippen LogP contribution in [-0.4, -0.2) is 31.4 Å². The maximum absolute atomic E-state index is 10.9. The molecule has 1 atom stereocenters. The standard InChI is InChI=1S/C6H14N2O2S/c1-5(8-11-2)6(9)10-4-3-7/h5,8H,3-4,7H2,1-2H3/t5-/m0/s1. The fourth-order valence-electron chi connectivity index (χ4n) is 0.509. The van der Waals surface area contributed by atoms with E-state index in [-0.39, 0.29) is 12.0 Å². The van der Waals surface area contributed by atoms with Crippen LogP contribution in [0.2, 0.25) is 0 Å². The second-order valence-electron chi connectivity index (χ2n) is 2.00. The van der Waals surface area contributed by atoms with Gasteiger partial charge < -0.3 is 10.5 Å². The van der Waals surface area contributed by atoms with Crippen molar-refractivity contribution in [2.24, 2.45) is 5.73 Å². The molecule has 0 aromatic rings. The van der Waals surface area contributed by atoms with Crippen LogP contribution in [0.4, 0.5) is 0 Å². The lowest BCUT2D eigenvalue weighted by atomic mass is 10.4. The summed E-state index contributed by atoms with van der Waals surface area (Å²) in [5.74, 6) is -0.259. The molecule has 0 fully saturated rings. The lowest BCUT2D eigenvalue weighted by molar-refractivity contribution is -0.144. The summed E-state index contributed by atoms with van der Waals surface area (Å²) in [5, 5.41) is 0. The van der Waals surface area contributed by atoms with Gasteiger partial charge in [0, 0.05) is 6.54 Å². The van der Waals surface area contributed by atoms with Gasteiger partial charge in [0.2, 0.25) is 0 Å². The van der Waals surface area contributed by atoms with Gasteiger partial charge in [-0.25, -0.2) is 0 Å². The molecule has 0 aliphatic rings. The van der Waals surface area contributed by atoms with Gasteiger partial charge in [-0.1, -0.05) is 11.9 Å². The van der Waals surface area contributed by atoms with Crippen molar-refractivity contribution >= 4 is 17.9 Å². The van der Waals surface area contributed by atoms with Crippen LogP contribution in [0, 0.1) is 0 Å². The maximum Gasteiger partial charge on any atom is 0.323 e. The van der Waals surface area contributed by atoms with E-state index >= 15 is 0 Å². The summed E-state index contributed by atoms with van der Waals surface area (Å²) in [4.78, 5) is 10.9. The van der Waals surface area contributed by atoms with Gasteiger partial charge in [-0.15, -0.1) is 0 Å². The summed E-state index contributed by atoms with van der Waals surface area (Å²) in [5.41, 5.74) is 5.15. The van der Waals surface area contributed by atoms with Gasteiger partial charge in [0.1, 0.15) is 12.6 Å². The van der Waals surface area contributed by atoms with E-state index in [1.165, 1.54) is 11.9 Å². The first-order chi connectivity index (χ1) is 5.22. The fourth-order valence-corrected chi connectivity index (χ4v) is 0.959. The van der Waals surface area contributed by atoms with E-state index in [2.05, 4.69) is 4.72 Å². The summed E-state index contributed by atoms with van der Waals surface area (Å²) in [6.45, 7) is 2.41. The molecule has 0 rings (SSSR count). The number of hydrogen-bond donors (Lipinski definition) is 2. The first-order valence-corrected chi connectivity index (χ1v) is 4.60. The highest BCUT2D eigenvalue weighted by molar-refractivity contribution is 7.96. The molecule has 0 spiro atoms. The van der Waals surface area contributed by atoms with Crippen molar-refractivity contribution in [2.45, 2.75) is 13.0 Å².